The first-order chi connectivity index (χ1) is 14.1. The molecule has 9 nitrogen and oxygen atoms in total. The van der Waals surface area contributed by atoms with Crippen LogP contribution in [0.15, 0.2) is 53.4 Å². The summed E-state index contributed by atoms with van der Waals surface area (Å²) in [7, 11) is -4.06. The molecule has 5 N–H and O–H groups in total. The minimum Gasteiger partial charge on any atom is -0.370 e. The molecule has 0 aliphatic heterocycles. The van der Waals surface area contributed by atoms with Crippen molar-refractivity contribution in [2.24, 2.45) is 5.73 Å². The number of halogens is 1. The van der Waals surface area contributed by atoms with Gasteiger partial charge in [-0.25, -0.2) is 8.42 Å². The summed E-state index contributed by atoms with van der Waals surface area (Å²) in [5.74, 6) is -1.64. The summed E-state index contributed by atoms with van der Waals surface area (Å²) < 4.78 is 27.6. The number of hydrogen-bond donors (Lipinski definition) is 4. The molecule has 30 heavy (non-hydrogen) atoms. The SMILES string of the molecule is CC(=O)Nc1cccc(NC(=O)C(CCC(N)=O)NS(=O)(=O)c2ccc(Cl)cc2)c1. The van der Waals surface area contributed by atoms with E-state index in [1.807, 2.05) is 0 Å². The average molecular weight is 453 g/mol. The number of hydrogen-bond acceptors (Lipinski definition) is 5. The zero-order valence-electron chi connectivity index (χ0n) is 16.0. The third kappa shape index (κ3) is 7.14. The number of benzene rings is 2. The highest BCUT2D eigenvalue weighted by molar-refractivity contribution is 7.89. The van der Waals surface area contributed by atoms with E-state index in [2.05, 4.69) is 15.4 Å². The minimum absolute atomic E-state index is 0.0866. The Morgan fingerprint density at radius 2 is 1.63 bits per heavy atom. The third-order valence-electron chi connectivity index (χ3n) is 3.87. The molecule has 1 unspecified atom stereocenters. The fourth-order valence-corrected chi connectivity index (χ4v) is 3.86. The molecule has 0 aromatic heterocycles. The topological polar surface area (TPSA) is 147 Å². The van der Waals surface area contributed by atoms with E-state index in [0.29, 0.717) is 16.4 Å². The van der Waals surface area contributed by atoms with Gasteiger partial charge in [0.25, 0.3) is 0 Å². The summed E-state index contributed by atoms with van der Waals surface area (Å²) in [5, 5.41) is 5.51. The van der Waals surface area contributed by atoms with Crippen molar-refractivity contribution in [1.82, 2.24) is 4.72 Å². The molecule has 1 atom stereocenters. The minimum atomic E-state index is -4.06. The normalized spacial score (nSPS) is 12.1. The average Bonchev–Trinajstić information content (AvgIpc) is 2.65. The van der Waals surface area contributed by atoms with Crippen LogP contribution >= 0.6 is 11.6 Å². The Labute approximate surface area is 179 Å². The number of carbonyl (C=O) groups is 3. The van der Waals surface area contributed by atoms with E-state index in [4.69, 9.17) is 17.3 Å². The molecular weight excluding hydrogens is 432 g/mol. The molecule has 0 bridgehead atoms. The van der Waals surface area contributed by atoms with Crippen molar-refractivity contribution >= 4 is 50.7 Å². The quantitative estimate of drug-likeness (QED) is 0.458. The van der Waals surface area contributed by atoms with E-state index >= 15 is 0 Å². The molecule has 160 valence electrons. The van der Waals surface area contributed by atoms with Gasteiger partial charge in [-0.2, -0.15) is 4.72 Å². The van der Waals surface area contributed by atoms with Crippen LogP contribution in [0.25, 0.3) is 0 Å². The van der Waals surface area contributed by atoms with Crippen molar-refractivity contribution in [2.45, 2.75) is 30.7 Å². The van der Waals surface area contributed by atoms with Crippen LogP contribution in [-0.2, 0) is 24.4 Å². The van der Waals surface area contributed by atoms with Gasteiger partial charge in [0.1, 0.15) is 6.04 Å². The zero-order chi connectivity index (χ0) is 22.3. The smallest absolute Gasteiger partial charge is 0.242 e. The van der Waals surface area contributed by atoms with Crippen molar-refractivity contribution in [3.05, 3.63) is 53.6 Å². The van der Waals surface area contributed by atoms with E-state index < -0.39 is 27.9 Å². The lowest BCUT2D eigenvalue weighted by molar-refractivity contribution is -0.119. The van der Waals surface area contributed by atoms with Crippen molar-refractivity contribution in [3.63, 3.8) is 0 Å². The molecule has 3 amide bonds. The number of nitrogens with one attached hydrogen (secondary N) is 3. The third-order valence-corrected chi connectivity index (χ3v) is 5.61. The van der Waals surface area contributed by atoms with Crippen LogP contribution in [0.2, 0.25) is 5.02 Å². The molecule has 0 spiro atoms. The molecule has 0 saturated carbocycles. The number of anilines is 2. The fraction of sp³-hybridized carbons (Fsp3) is 0.211. The molecule has 0 aliphatic rings. The van der Waals surface area contributed by atoms with Gasteiger partial charge >= 0.3 is 0 Å². The summed E-state index contributed by atoms with van der Waals surface area (Å²) in [6, 6.07) is 10.5. The van der Waals surface area contributed by atoms with E-state index in [1.54, 1.807) is 18.2 Å². The first-order valence-electron chi connectivity index (χ1n) is 8.81. The van der Waals surface area contributed by atoms with Crippen LogP contribution in [0.4, 0.5) is 11.4 Å². The second kappa shape index (κ2) is 10.2. The molecule has 0 fully saturated rings. The van der Waals surface area contributed by atoms with Crippen LogP contribution in [-0.4, -0.2) is 32.2 Å². The van der Waals surface area contributed by atoms with Crippen LogP contribution in [0.5, 0.6) is 0 Å². The molecule has 2 aromatic rings. The van der Waals surface area contributed by atoms with E-state index in [1.165, 1.54) is 37.3 Å². The highest BCUT2D eigenvalue weighted by Crippen LogP contribution is 2.18. The standard InChI is InChI=1S/C19H21ClN4O5S/c1-12(25)22-14-3-2-4-15(11-14)23-19(27)17(9-10-18(21)26)24-30(28,29)16-7-5-13(20)6-8-16/h2-8,11,17,24H,9-10H2,1H3,(H2,21,26)(H,22,25)(H,23,27). The molecule has 2 aromatic carbocycles. The monoisotopic (exact) mass is 452 g/mol. The lowest BCUT2D eigenvalue weighted by atomic mass is 10.1. The number of carbonyl (C=O) groups excluding carboxylic acids is 3. The first kappa shape index (κ1) is 23.3. The van der Waals surface area contributed by atoms with Crippen molar-refractivity contribution in [1.29, 1.82) is 0 Å². The van der Waals surface area contributed by atoms with Gasteiger partial charge in [-0.15, -0.1) is 0 Å². The summed E-state index contributed by atoms with van der Waals surface area (Å²) >= 11 is 5.78. The van der Waals surface area contributed by atoms with Crippen molar-refractivity contribution < 1.29 is 22.8 Å². The van der Waals surface area contributed by atoms with Crippen LogP contribution < -0.4 is 21.1 Å². The van der Waals surface area contributed by atoms with E-state index in [-0.39, 0.29) is 23.6 Å². The highest BCUT2D eigenvalue weighted by atomic mass is 35.5. The number of sulfonamides is 1. The van der Waals surface area contributed by atoms with Crippen LogP contribution in [0.3, 0.4) is 0 Å². The van der Waals surface area contributed by atoms with Gasteiger partial charge in [0, 0.05) is 29.7 Å². The van der Waals surface area contributed by atoms with Gasteiger partial charge in [0.2, 0.25) is 27.7 Å². The van der Waals surface area contributed by atoms with Gasteiger partial charge in [0.15, 0.2) is 0 Å². The lowest BCUT2D eigenvalue weighted by Gasteiger charge is -2.18. The predicted molar refractivity (Wildman–Crippen MR) is 113 cm³/mol. The molecule has 0 aliphatic carbocycles. The summed E-state index contributed by atoms with van der Waals surface area (Å²) in [6.45, 7) is 1.34. The Morgan fingerprint density at radius 1 is 1.03 bits per heavy atom. The summed E-state index contributed by atoms with van der Waals surface area (Å²) in [6.07, 6.45) is -0.341. The molecule has 0 saturated heterocycles. The molecule has 11 heteroatoms. The second-order valence-corrected chi connectivity index (χ2v) is 8.53. The second-order valence-electron chi connectivity index (χ2n) is 6.38. The van der Waals surface area contributed by atoms with E-state index in [9.17, 15) is 22.8 Å². The Kier molecular flexibility index (Phi) is 7.93. The van der Waals surface area contributed by atoms with Gasteiger partial charge < -0.3 is 16.4 Å². The molecule has 0 heterocycles. The fourth-order valence-electron chi connectivity index (χ4n) is 2.51. The summed E-state index contributed by atoms with van der Waals surface area (Å²) in [4.78, 5) is 35.0. The number of amides is 3. The summed E-state index contributed by atoms with van der Waals surface area (Å²) in [5.41, 5.74) is 5.94. The van der Waals surface area contributed by atoms with Crippen molar-refractivity contribution in [2.75, 3.05) is 10.6 Å². The molecule has 2 rings (SSSR count). The lowest BCUT2D eigenvalue weighted by Crippen LogP contribution is -2.44. The predicted octanol–water partition coefficient (Wildman–Crippen LogP) is 1.85. The Balaban J connectivity index is 2.21. The van der Waals surface area contributed by atoms with Crippen molar-refractivity contribution in [3.8, 4) is 0 Å². The first-order valence-corrected chi connectivity index (χ1v) is 10.7. The number of rotatable bonds is 9. The van der Waals surface area contributed by atoms with Crippen LogP contribution in [0.1, 0.15) is 19.8 Å². The largest absolute Gasteiger partial charge is 0.370 e. The van der Waals surface area contributed by atoms with E-state index in [0.717, 1.165) is 0 Å². The zero-order valence-corrected chi connectivity index (χ0v) is 17.6. The highest BCUT2D eigenvalue weighted by Gasteiger charge is 2.26. The Bertz CT molecular complexity index is 1040. The Morgan fingerprint density at radius 3 is 2.20 bits per heavy atom. The van der Waals surface area contributed by atoms with Gasteiger partial charge in [-0.1, -0.05) is 17.7 Å². The molecular formula is C19H21ClN4O5S. The van der Waals surface area contributed by atoms with Gasteiger partial charge in [-0.05, 0) is 48.9 Å². The maximum atomic E-state index is 12.7. The van der Waals surface area contributed by atoms with Gasteiger partial charge in [0.05, 0.1) is 4.90 Å². The maximum Gasteiger partial charge on any atom is 0.242 e. The van der Waals surface area contributed by atoms with Gasteiger partial charge in [-0.3, -0.25) is 14.4 Å². The maximum absolute atomic E-state index is 12.7. The number of nitrogens with two attached hydrogens (primary N) is 1. The number of primary amides is 1. The molecule has 0 radical (unpaired) electrons. The Hall–Kier alpha value is -2.95. The van der Waals surface area contributed by atoms with Crippen LogP contribution in [0, 0.1) is 0 Å².